The van der Waals surface area contributed by atoms with E-state index in [1.165, 1.54) is 37.8 Å². The van der Waals surface area contributed by atoms with Crippen LogP contribution in [0.15, 0.2) is 18.2 Å². The predicted molar refractivity (Wildman–Crippen MR) is 73.9 cm³/mol. The molecule has 1 aromatic carbocycles. The molecular weight excluding hydrogens is 253 g/mol. The largest absolute Gasteiger partial charge is 0.491 e. The SMILES string of the molecule is CCCCCCNCCOc1ccc(F)cc1Cl. The lowest BCUT2D eigenvalue weighted by atomic mass is 10.2. The number of nitrogens with one attached hydrogen (secondary N) is 1. The third-order valence-corrected chi connectivity index (χ3v) is 2.93. The van der Waals surface area contributed by atoms with Gasteiger partial charge in [0.15, 0.2) is 0 Å². The Labute approximate surface area is 113 Å². The molecule has 4 heteroatoms. The third-order valence-electron chi connectivity index (χ3n) is 2.64. The van der Waals surface area contributed by atoms with Crippen LogP contribution in [0.4, 0.5) is 4.39 Å². The molecule has 0 fully saturated rings. The molecule has 0 aromatic heterocycles. The first-order chi connectivity index (χ1) is 8.74. The zero-order valence-electron chi connectivity index (χ0n) is 10.8. The average molecular weight is 274 g/mol. The summed E-state index contributed by atoms with van der Waals surface area (Å²) in [5.74, 6) is 0.187. The van der Waals surface area contributed by atoms with Crippen molar-refractivity contribution in [2.75, 3.05) is 19.7 Å². The van der Waals surface area contributed by atoms with Gasteiger partial charge < -0.3 is 10.1 Å². The molecular formula is C14H21ClFNO. The van der Waals surface area contributed by atoms with Gasteiger partial charge in [-0.1, -0.05) is 37.8 Å². The molecule has 1 N–H and O–H groups in total. The van der Waals surface area contributed by atoms with Gasteiger partial charge in [0.05, 0.1) is 5.02 Å². The molecule has 0 aliphatic carbocycles. The Balaban J connectivity index is 2.07. The fraction of sp³-hybridized carbons (Fsp3) is 0.571. The summed E-state index contributed by atoms with van der Waals surface area (Å²) < 4.78 is 18.2. The van der Waals surface area contributed by atoms with Crippen molar-refractivity contribution < 1.29 is 9.13 Å². The van der Waals surface area contributed by atoms with Gasteiger partial charge >= 0.3 is 0 Å². The van der Waals surface area contributed by atoms with Gasteiger partial charge in [0.25, 0.3) is 0 Å². The van der Waals surface area contributed by atoms with E-state index in [0.717, 1.165) is 13.1 Å². The fourth-order valence-corrected chi connectivity index (χ4v) is 1.85. The van der Waals surface area contributed by atoms with Crippen LogP contribution in [0.5, 0.6) is 5.75 Å². The Hall–Kier alpha value is -0.800. The second kappa shape index (κ2) is 9.17. The number of ether oxygens (including phenoxy) is 1. The molecule has 0 atom stereocenters. The highest BCUT2D eigenvalue weighted by Crippen LogP contribution is 2.24. The topological polar surface area (TPSA) is 21.3 Å². The Kier molecular flexibility index (Phi) is 7.78. The lowest BCUT2D eigenvalue weighted by Gasteiger charge is -2.08. The van der Waals surface area contributed by atoms with E-state index in [4.69, 9.17) is 16.3 Å². The molecule has 0 radical (unpaired) electrons. The van der Waals surface area contributed by atoms with Crippen molar-refractivity contribution in [2.45, 2.75) is 32.6 Å². The van der Waals surface area contributed by atoms with Gasteiger partial charge in [-0.05, 0) is 31.2 Å². The smallest absolute Gasteiger partial charge is 0.138 e. The first-order valence-corrected chi connectivity index (χ1v) is 6.90. The molecule has 0 saturated carbocycles. The van der Waals surface area contributed by atoms with Gasteiger partial charge in [-0.25, -0.2) is 4.39 Å². The maximum Gasteiger partial charge on any atom is 0.138 e. The van der Waals surface area contributed by atoms with Crippen molar-refractivity contribution in [3.63, 3.8) is 0 Å². The Morgan fingerprint density at radius 2 is 2.06 bits per heavy atom. The molecule has 0 bridgehead atoms. The van der Waals surface area contributed by atoms with Crippen LogP contribution in [0.3, 0.4) is 0 Å². The average Bonchev–Trinajstić information content (AvgIpc) is 2.35. The molecule has 1 aromatic rings. The van der Waals surface area contributed by atoms with Crippen LogP contribution >= 0.6 is 11.6 Å². The van der Waals surface area contributed by atoms with E-state index in [2.05, 4.69) is 12.2 Å². The third kappa shape index (κ3) is 6.22. The number of hydrogen-bond donors (Lipinski definition) is 1. The van der Waals surface area contributed by atoms with Crippen molar-refractivity contribution in [2.24, 2.45) is 0 Å². The molecule has 0 aliphatic rings. The number of hydrogen-bond acceptors (Lipinski definition) is 2. The lowest BCUT2D eigenvalue weighted by Crippen LogP contribution is -2.22. The summed E-state index contributed by atoms with van der Waals surface area (Å²) in [5, 5.41) is 3.62. The van der Waals surface area contributed by atoms with Crippen LogP contribution < -0.4 is 10.1 Å². The molecule has 0 spiro atoms. The highest BCUT2D eigenvalue weighted by molar-refractivity contribution is 6.32. The fourth-order valence-electron chi connectivity index (χ4n) is 1.63. The molecule has 1 rings (SSSR count). The number of unbranched alkanes of at least 4 members (excludes halogenated alkanes) is 3. The highest BCUT2D eigenvalue weighted by atomic mass is 35.5. The number of benzene rings is 1. The Morgan fingerprint density at radius 3 is 2.78 bits per heavy atom. The van der Waals surface area contributed by atoms with E-state index in [-0.39, 0.29) is 5.82 Å². The zero-order chi connectivity index (χ0) is 13.2. The molecule has 0 amide bonds. The summed E-state index contributed by atoms with van der Waals surface area (Å²) in [6.07, 6.45) is 5.02. The van der Waals surface area contributed by atoms with E-state index in [1.54, 1.807) is 6.07 Å². The summed E-state index contributed by atoms with van der Waals surface area (Å²) in [4.78, 5) is 0. The van der Waals surface area contributed by atoms with Gasteiger partial charge in [0.1, 0.15) is 18.2 Å². The molecule has 0 saturated heterocycles. The molecule has 2 nitrogen and oxygen atoms in total. The first-order valence-electron chi connectivity index (χ1n) is 6.52. The molecule has 102 valence electrons. The summed E-state index contributed by atoms with van der Waals surface area (Å²) in [6, 6.07) is 4.16. The van der Waals surface area contributed by atoms with Gasteiger partial charge in [0.2, 0.25) is 0 Å². The minimum Gasteiger partial charge on any atom is -0.491 e. The van der Waals surface area contributed by atoms with E-state index < -0.39 is 0 Å². The van der Waals surface area contributed by atoms with Gasteiger partial charge in [-0.2, -0.15) is 0 Å². The maximum atomic E-state index is 12.8. The van der Waals surface area contributed by atoms with Crippen molar-refractivity contribution in [1.29, 1.82) is 0 Å². The maximum absolute atomic E-state index is 12.8. The van der Waals surface area contributed by atoms with Crippen LogP contribution in [-0.2, 0) is 0 Å². The minimum absolute atomic E-state index is 0.318. The van der Waals surface area contributed by atoms with Gasteiger partial charge in [0, 0.05) is 6.54 Å². The first kappa shape index (κ1) is 15.3. The van der Waals surface area contributed by atoms with Crippen molar-refractivity contribution in [1.82, 2.24) is 5.32 Å². The van der Waals surface area contributed by atoms with Gasteiger partial charge in [-0.3, -0.25) is 0 Å². The number of rotatable bonds is 9. The van der Waals surface area contributed by atoms with Crippen LogP contribution in [0, 0.1) is 5.82 Å². The van der Waals surface area contributed by atoms with E-state index in [1.807, 2.05) is 0 Å². The van der Waals surface area contributed by atoms with Crippen molar-refractivity contribution in [3.05, 3.63) is 29.0 Å². The predicted octanol–water partition coefficient (Wildman–Crippen LogP) is 4.03. The van der Waals surface area contributed by atoms with E-state index in [0.29, 0.717) is 17.4 Å². The Bertz CT molecular complexity index is 347. The summed E-state index contributed by atoms with van der Waals surface area (Å²) >= 11 is 5.84. The van der Waals surface area contributed by atoms with E-state index in [9.17, 15) is 4.39 Å². The molecule has 0 unspecified atom stereocenters. The van der Waals surface area contributed by atoms with Crippen LogP contribution in [0.25, 0.3) is 0 Å². The quantitative estimate of drug-likeness (QED) is 0.686. The zero-order valence-corrected chi connectivity index (χ0v) is 11.6. The minimum atomic E-state index is -0.346. The summed E-state index contributed by atoms with van der Waals surface area (Å²) in [6.45, 7) is 4.53. The normalized spacial score (nSPS) is 10.6. The van der Waals surface area contributed by atoms with Crippen LogP contribution in [-0.4, -0.2) is 19.7 Å². The van der Waals surface area contributed by atoms with Crippen molar-refractivity contribution in [3.8, 4) is 5.75 Å². The molecule has 18 heavy (non-hydrogen) atoms. The Morgan fingerprint density at radius 1 is 1.22 bits per heavy atom. The standard InChI is InChI=1S/C14H21ClFNO/c1-2-3-4-5-8-17-9-10-18-14-7-6-12(16)11-13(14)15/h6-7,11,17H,2-5,8-10H2,1H3. The van der Waals surface area contributed by atoms with Crippen LogP contribution in [0.1, 0.15) is 32.6 Å². The van der Waals surface area contributed by atoms with Crippen LogP contribution in [0.2, 0.25) is 5.02 Å². The number of halogens is 2. The molecule has 0 aliphatic heterocycles. The second-order valence-corrected chi connectivity index (χ2v) is 4.64. The van der Waals surface area contributed by atoms with E-state index >= 15 is 0 Å². The lowest BCUT2D eigenvalue weighted by molar-refractivity contribution is 0.313. The van der Waals surface area contributed by atoms with Gasteiger partial charge in [-0.15, -0.1) is 0 Å². The van der Waals surface area contributed by atoms with Crippen molar-refractivity contribution >= 4 is 11.6 Å². The summed E-state index contributed by atoms with van der Waals surface area (Å²) in [5.41, 5.74) is 0. The highest BCUT2D eigenvalue weighted by Gasteiger charge is 2.02. The monoisotopic (exact) mass is 273 g/mol. The second-order valence-electron chi connectivity index (χ2n) is 4.23. The summed E-state index contributed by atoms with van der Waals surface area (Å²) in [7, 11) is 0. The molecule has 0 heterocycles.